The second-order valence-electron chi connectivity index (χ2n) is 5.06. The third kappa shape index (κ3) is 3.08. The van der Waals surface area contributed by atoms with Crippen LogP contribution in [0.2, 0.25) is 0 Å². The summed E-state index contributed by atoms with van der Waals surface area (Å²) in [6, 6.07) is 10.2. The highest BCUT2D eigenvalue weighted by Crippen LogP contribution is 2.34. The molecular weight excluding hydrogens is 416 g/mol. The third-order valence-corrected chi connectivity index (χ3v) is 6.73. The van der Waals surface area contributed by atoms with Crippen molar-refractivity contribution in [3.63, 3.8) is 0 Å². The lowest BCUT2D eigenvalue weighted by molar-refractivity contribution is 0.0989. The lowest BCUT2D eigenvalue weighted by atomic mass is 10.1. The van der Waals surface area contributed by atoms with Crippen molar-refractivity contribution in [2.75, 3.05) is 11.4 Å². The smallest absolute Gasteiger partial charge is 0.268 e. The predicted octanol–water partition coefficient (Wildman–Crippen LogP) is 4.41. The van der Waals surface area contributed by atoms with Crippen LogP contribution in [0.15, 0.2) is 38.6 Å². The zero-order valence-corrected chi connectivity index (χ0v) is 15.4. The first kappa shape index (κ1) is 15.2. The molecule has 2 heterocycles. The topological polar surface area (TPSA) is 32.3 Å². The summed E-state index contributed by atoms with van der Waals surface area (Å²) in [7, 11) is 0. The van der Waals surface area contributed by atoms with Gasteiger partial charge in [0.2, 0.25) is 0 Å². The molecule has 0 bridgehead atoms. The van der Waals surface area contributed by atoms with Gasteiger partial charge in [0.1, 0.15) is 0 Å². The van der Waals surface area contributed by atoms with E-state index in [4.69, 9.17) is 0 Å². The van der Waals surface area contributed by atoms with Gasteiger partial charge in [-0.2, -0.15) is 0 Å². The number of anilines is 1. The first-order chi connectivity index (χ1) is 10.1. The number of fused-ring (bicyclic) bond motifs is 1. The molecule has 3 rings (SSSR count). The average molecular weight is 430 g/mol. The van der Waals surface area contributed by atoms with Crippen LogP contribution < -0.4 is 10.2 Å². The van der Waals surface area contributed by atoms with Gasteiger partial charge in [-0.25, -0.2) is 0 Å². The van der Waals surface area contributed by atoms with Gasteiger partial charge in [0.05, 0.1) is 8.66 Å². The van der Waals surface area contributed by atoms with E-state index in [1.807, 2.05) is 29.2 Å². The van der Waals surface area contributed by atoms with Gasteiger partial charge in [-0.15, -0.1) is 11.3 Å². The van der Waals surface area contributed by atoms with Crippen molar-refractivity contribution >= 4 is 54.8 Å². The Hall–Kier alpha value is -0.690. The van der Waals surface area contributed by atoms with E-state index in [0.717, 1.165) is 30.9 Å². The molecule has 0 saturated carbocycles. The largest absolute Gasteiger partial charge is 0.308 e. The second kappa shape index (κ2) is 6.20. The summed E-state index contributed by atoms with van der Waals surface area (Å²) in [6.07, 6.45) is 0. The molecule has 1 amide bonds. The maximum atomic E-state index is 12.9. The van der Waals surface area contributed by atoms with E-state index in [9.17, 15) is 4.79 Å². The van der Waals surface area contributed by atoms with E-state index in [0.29, 0.717) is 6.54 Å². The molecule has 1 aromatic heterocycles. The fourth-order valence-electron chi connectivity index (χ4n) is 2.42. The summed E-state index contributed by atoms with van der Waals surface area (Å²) < 4.78 is 1.87. The third-order valence-electron chi connectivity index (χ3n) is 3.48. The van der Waals surface area contributed by atoms with Crippen LogP contribution in [0.5, 0.6) is 0 Å². The van der Waals surface area contributed by atoms with Gasteiger partial charge < -0.3 is 10.2 Å². The average Bonchev–Trinajstić information content (AvgIpc) is 2.72. The van der Waals surface area contributed by atoms with Crippen LogP contribution in [-0.2, 0) is 6.54 Å². The Kier molecular flexibility index (Phi) is 4.49. The molecule has 1 aliphatic rings. The molecule has 3 nitrogen and oxygen atoms in total. The van der Waals surface area contributed by atoms with Crippen molar-refractivity contribution in [3.8, 4) is 0 Å². The number of amides is 1. The van der Waals surface area contributed by atoms with Crippen molar-refractivity contribution in [1.82, 2.24) is 5.32 Å². The highest BCUT2D eigenvalue weighted by atomic mass is 79.9. The summed E-state index contributed by atoms with van der Waals surface area (Å²) >= 11 is 8.36. The fraction of sp³-hybridized carbons (Fsp3) is 0.267. The Morgan fingerprint density at radius 3 is 2.86 bits per heavy atom. The van der Waals surface area contributed by atoms with E-state index in [2.05, 4.69) is 50.2 Å². The molecule has 0 radical (unpaired) electrons. The lowest BCUT2D eigenvalue weighted by Gasteiger charge is -2.23. The van der Waals surface area contributed by atoms with Gasteiger partial charge in [-0.05, 0) is 56.5 Å². The van der Waals surface area contributed by atoms with Crippen molar-refractivity contribution in [3.05, 3.63) is 49.0 Å². The van der Waals surface area contributed by atoms with E-state index in [1.54, 1.807) is 0 Å². The van der Waals surface area contributed by atoms with Gasteiger partial charge >= 0.3 is 0 Å². The molecule has 0 fully saturated rings. The van der Waals surface area contributed by atoms with Gasteiger partial charge in [-0.1, -0.05) is 18.2 Å². The molecule has 0 aliphatic carbocycles. The molecule has 1 N–H and O–H groups in total. The van der Waals surface area contributed by atoms with Crippen LogP contribution in [0.3, 0.4) is 0 Å². The standard InChI is InChI=1S/C15H14Br2N2OS/c1-9-8-19(12-5-3-2-4-10(12)7-18-9)15(20)13-6-11(16)14(17)21-13/h2-6,9,18H,7-8H2,1H3. The number of nitrogens with one attached hydrogen (secondary N) is 1. The number of rotatable bonds is 1. The molecular formula is C15H14Br2N2OS. The minimum Gasteiger partial charge on any atom is -0.308 e. The zero-order chi connectivity index (χ0) is 15.0. The molecule has 0 spiro atoms. The first-order valence-corrected chi connectivity index (χ1v) is 9.04. The fourth-order valence-corrected chi connectivity index (χ4v) is 4.41. The highest BCUT2D eigenvalue weighted by Gasteiger charge is 2.26. The van der Waals surface area contributed by atoms with Crippen LogP contribution in [-0.4, -0.2) is 18.5 Å². The van der Waals surface area contributed by atoms with E-state index < -0.39 is 0 Å². The van der Waals surface area contributed by atoms with E-state index in [1.165, 1.54) is 11.3 Å². The van der Waals surface area contributed by atoms with Crippen LogP contribution in [0.1, 0.15) is 22.2 Å². The summed E-state index contributed by atoms with van der Waals surface area (Å²) in [4.78, 5) is 15.5. The van der Waals surface area contributed by atoms with Crippen LogP contribution in [0.25, 0.3) is 0 Å². The lowest BCUT2D eigenvalue weighted by Crippen LogP contribution is -2.39. The summed E-state index contributed by atoms with van der Waals surface area (Å²) in [5, 5.41) is 3.44. The van der Waals surface area contributed by atoms with Crippen molar-refractivity contribution in [1.29, 1.82) is 0 Å². The Morgan fingerprint density at radius 2 is 2.14 bits per heavy atom. The van der Waals surface area contributed by atoms with E-state index >= 15 is 0 Å². The number of para-hydroxylation sites is 1. The van der Waals surface area contributed by atoms with Crippen molar-refractivity contribution in [2.45, 2.75) is 19.5 Å². The number of carbonyl (C=O) groups is 1. The van der Waals surface area contributed by atoms with Crippen LogP contribution in [0.4, 0.5) is 5.69 Å². The number of halogens is 2. The van der Waals surface area contributed by atoms with Crippen LogP contribution in [0, 0.1) is 0 Å². The Morgan fingerprint density at radius 1 is 1.38 bits per heavy atom. The summed E-state index contributed by atoms with van der Waals surface area (Å²) in [5.74, 6) is 0.0504. The van der Waals surface area contributed by atoms with E-state index in [-0.39, 0.29) is 11.9 Å². The van der Waals surface area contributed by atoms with Gasteiger partial charge in [-0.3, -0.25) is 4.79 Å². The minimum absolute atomic E-state index is 0.0504. The number of hydrogen-bond donors (Lipinski definition) is 1. The van der Waals surface area contributed by atoms with Gasteiger partial charge in [0, 0.05) is 29.3 Å². The highest BCUT2D eigenvalue weighted by molar-refractivity contribution is 9.13. The number of carbonyl (C=O) groups excluding carboxylic acids is 1. The van der Waals surface area contributed by atoms with Gasteiger partial charge in [0.15, 0.2) is 0 Å². The molecule has 6 heteroatoms. The Balaban J connectivity index is 2.01. The number of thiophene rings is 1. The van der Waals surface area contributed by atoms with Gasteiger partial charge in [0.25, 0.3) is 5.91 Å². The minimum atomic E-state index is 0.0504. The Labute approximate surface area is 144 Å². The van der Waals surface area contributed by atoms with Crippen LogP contribution >= 0.6 is 43.2 Å². The SMILES string of the molecule is CC1CN(C(=O)c2cc(Br)c(Br)s2)c2ccccc2CN1. The number of nitrogens with zero attached hydrogens (tertiary/aromatic N) is 1. The summed E-state index contributed by atoms with van der Waals surface area (Å²) in [5.41, 5.74) is 2.16. The predicted molar refractivity (Wildman–Crippen MR) is 94.1 cm³/mol. The number of benzene rings is 1. The molecule has 1 unspecified atom stereocenters. The normalized spacial score (nSPS) is 18.2. The molecule has 21 heavy (non-hydrogen) atoms. The zero-order valence-electron chi connectivity index (χ0n) is 11.4. The van der Waals surface area contributed by atoms with Crippen molar-refractivity contribution < 1.29 is 4.79 Å². The quantitative estimate of drug-likeness (QED) is 0.727. The number of hydrogen-bond acceptors (Lipinski definition) is 3. The Bertz CT molecular complexity index is 667. The summed E-state index contributed by atoms with van der Waals surface area (Å²) in [6.45, 7) is 3.56. The second-order valence-corrected chi connectivity index (χ2v) is 8.28. The first-order valence-electron chi connectivity index (χ1n) is 6.64. The molecule has 110 valence electrons. The molecule has 1 atom stereocenters. The molecule has 1 aromatic carbocycles. The molecule has 0 saturated heterocycles. The monoisotopic (exact) mass is 428 g/mol. The molecule has 1 aliphatic heterocycles. The van der Waals surface area contributed by atoms with Crippen molar-refractivity contribution in [2.24, 2.45) is 0 Å². The molecule has 2 aromatic rings. The maximum absolute atomic E-state index is 12.9. The maximum Gasteiger partial charge on any atom is 0.268 e.